The highest BCUT2D eigenvalue weighted by Crippen LogP contribution is 2.25. The number of carbonyl (C=O) groups excluding carboxylic acids is 1. The number of likely N-dealkylation sites (N-methyl/N-ethyl adjacent to an activating group) is 1. The van der Waals surface area contributed by atoms with Crippen LogP contribution < -0.4 is 4.74 Å². The summed E-state index contributed by atoms with van der Waals surface area (Å²) in [7, 11) is 1.87. The Balaban J connectivity index is 1.57. The summed E-state index contributed by atoms with van der Waals surface area (Å²) in [5.74, 6) is 0.280. The van der Waals surface area contributed by atoms with Crippen LogP contribution in [0.15, 0.2) is 36.5 Å². The first kappa shape index (κ1) is 21.5. The minimum atomic E-state index is -1.04. The molecular formula is C22H29ClN4O2. The van der Waals surface area contributed by atoms with Crippen molar-refractivity contribution in [1.82, 2.24) is 19.8 Å². The quantitative estimate of drug-likeness (QED) is 0.671. The molecule has 0 bridgehead atoms. The number of likely N-dealkylation sites (tertiary alicyclic amines) is 1. The molecule has 0 spiro atoms. The zero-order chi connectivity index (χ0) is 21.0. The molecule has 2 aromatic rings. The van der Waals surface area contributed by atoms with Crippen LogP contribution in [0, 0.1) is 6.92 Å². The molecule has 0 N–H and O–H groups in total. The number of benzene rings is 1. The molecule has 7 heteroatoms. The molecule has 1 fully saturated rings. The van der Waals surface area contributed by atoms with E-state index in [0.717, 1.165) is 38.0 Å². The highest BCUT2D eigenvalue weighted by atomic mass is 35.5. The minimum absolute atomic E-state index is 0.0619. The third-order valence-electron chi connectivity index (χ3n) is 5.44. The lowest BCUT2D eigenvalue weighted by Crippen LogP contribution is -2.53. The number of nitrogens with zero attached hydrogens (tertiary/aromatic N) is 4. The molecule has 1 aliphatic heterocycles. The first-order valence-electron chi connectivity index (χ1n) is 9.98. The first-order chi connectivity index (χ1) is 13.8. The zero-order valence-corrected chi connectivity index (χ0v) is 18.3. The third kappa shape index (κ3) is 5.46. The number of halogens is 1. The molecule has 3 rings (SSSR count). The maximum atomic E-state index is 13.1. The number of ether oxygens (including phenoxy) is 1. The van der Waals surface area contributed by atoms with Gasteiger partial charge in [-0.15, -0.1) is 0 Å². The summed E-state index contributed by atoms with van der Waals surface area (Å²) in [6.45, 7) is 8.27. The van der Waals surface area contributed by atoms with Crippen molar-refractivity contribution in [1.29, 1.82) is 0 Å². The summed E-state index contributed by atoms with van der Waals surface area (Å²) in [4.78, 5) is 25.5. The summed E-state index contributed by atoms with van der Waals surface area (Å²) >= 11 is 5.88. The molecule has 1 aromatic heterocycles. The SMILES string of the molecule is Cc1cnc(Cl)nc1OC(C)(C)C(=O)N(C)C1CCN(Cc2ccccc2)CC1. The lowest BCUT2D eigenvalue weighted by atomic mass is 10.00. The van der Waals surface area contributed by atoms with E-state index < -0.39 is 5.60 Å². The van der Waals surface area contributed by atoms with Gasteiger partial charge < -0.3 is 9.64 Å². The Bertz CT molecular complexity index is 836. The topological polar surface area (TPSA) is 58.6 Å². The average molecular weight is 417 g/mol. The fourth-order valence-corrected chi connectivity index (χ4v) is 3.82. The van der Waals surface area contributed by atoms with Gasteiger partial charge in [0, 0.05) is 44.5 Å². The van der Waals surface area contributed by atoms with Crippen LogP contribution in [0.4, 0.5) is 0 Å². The number of hydrogen-bond acceptors (Lipinski definition) is 5. The van der Waals surface area contributed by atoms with Crippen LogP contribution in [0.25, 0.3) is 0 Å². The van der Waals surface area contributed by atoms with Gasteiger partial charge in [-0.1, -0.05) is 30.3 Å². The molecule has 0 unspecified atom stereocenters. The number of amides is 1. The van der Waals surface area contributed by atoms with Crippen LogP contribution in [-0.4, -0.2) is 57.5 Å². The maximum absolute atomic E-state index is 13.1. The van der Waals surface area contributed by atoms with Gasteiger partial charge in [0.15, 0.2) is 5.60 Å². The second-order valence-corrected chi connectivity index (χ2v) is 8.49. The van der Waals surface area contributed by atoms with Gasteiger partial charge in [0.05, 0.1) is 0 Å². The Morgan fingerprint density at radius 1 is 1.28 bits per heavy atom. The standard InChI is InChI=1S/C22H29ClN4O2/c1-16-14-24-21(23)25-19(16)29-22(2,3)20(28)26(4)18-10-12-27(13-11-18)15-17-8-6-5-7-9-17/h5-9,14,18H,10-13,15H2,1-4H3. The predicted octanol–water partition coefficient (Wildman–Crippen LogP) is 3.72. The summed E-state index contributed by atoms with van der Waals surface area (Å²) in [6.07, 6.45) is 3.49. The normalized spacial score (nSPS) is 15.9. The molecule has 2 heterocycles. The Hall–Kier alpha value is -2.18. The summed E-state index contributed by atoms with van der Waals surface area (Å²) in [6, 6.07) is 10.7. The molecule has 6 nitrogen and oxygen atoms in total. The third-order valence-corrected chi connectivity index (χ3v) is 5.62. The van der Waals surface area contributed by atoms with Gasteiger partial charge in [0.1, 0.15) is 0 Å². The van der Waals surface area contributed by atoms with E-state index in [2.05, 4.69) is 39.1 Å². The van der Waals surface area contributed by atoms with Gasteiger partial charge in [-0.05, 0) is 50.8 Å². The fraction of sp³-hybridized carbons (Fsp3) is 0.500. The first-order valence-corrected chi connectivity index (χ1v) is 10.4. The van der Waals surface area contributed by atoms with Crippen LogP contribution in [-0.2, 0) is 11.3 Å². The number of hydrogen-bond donors (Lipinski definition) is 0. The van der Waals surface area contributed by atoms with Crippen LogP contribution in [0.3, 0.4) is 0 Å². The van der Waals surface area contributed by atoms with E-state index in [-0.39, 0.29) is 17.2 Å². The Kier molecular flexibility index (Phi) is 6.75. The van der Waals surface area contributed by atoms with Crippen molar-refractivity contribution in [3.8, 4) is 5.88 Å². The Labute approximate surface area is 177 Å². The van der Waals surface area contributed by atoms with Crippen molar-refractivity contribution in [2.45, 2.75) is 51.8 Å². The van der Waals surface area contributed by atoms with E-state index >= 15 is 0 Å². The molecule has 0 saturated carbocycles. The monoisotopic (exact) mass is 416 g/mol. The minimum Gasteiger partial charge on any atom is -0.461 e. The number of carbonyl (C=O) groups is 1. The highest BCUT2D eigenvalue weighted by Gasteiger charge is 2.37. The number of piperidine rings is 1. The van der Waals surface area contributed by atoms with Crippen molar-refractivity contribution in [2.24, 2.45) is 0 Å². The van der Waals surface area contributed by atoms with Crippen molar-refractivity contribution >= 4 is 17.5 Å². The van der Waals surface area contributed by atoms with E-state index in [4.69, 9.17) is 16.3 Å². The molecule has 1 aliphatic rings. The smallest absolute Gasteiger partial charge is 0.266 e. The lowest BCUT2D eigenvalue weighted by molar-refractivity contribution is -0.147. The van der Waals surface area contributed by atoms with Crippen LogP contribution in [0.5, 0.6) is 5.88 Å². The van der Waals surface area contributed by atoms with E-state index in [1.54, 1.807) is 20.0 Å². The second kappa shape index (κ2) is 9.09. The van der Waals surface area contributed by atoms with Crippen molar-refractivity contribution in [3.05, 3.63) is 52.9 Å². The number of aryl methyl sites for hydroxylation is 1. The van der Waals surface area contributed by atoms with Crippen molar-refractivity contribution in [2.75, 3.05) is 20.1 Å². The number of aromatic nitrogens is 2. The summed E-state index contributed by atoms with van der Waals surface area (Å²) in [5.41, 5.74) is 1.02. The fourth-order valence-electron chi connectivity index (χ4n) is 3.69. The predicted molar refractivity (Wildman–Crippen MR) is 114 cm³/mol. The largest absolute Gasteiger partial charge is 0.461 e. The molecule has 29 heavy (non-hydrogen) atoms. The van der Waals surface area contributed by atoms with E-state index in [9.17, 15) is 4.79 Å². The highest BCUT2D eigenvalue weighted by molar-refractivity contribution is 6.28. The van der Waals surface area contributed by atoms with E-state index in [1.165, 1.54) is 5.56 Å². The van der Waals surface area contributed by atoms with Crippen LogP contribution in [0.1, 0.15) is 37.8 Å². The molecule has 1 aromatic carbocycles. The second-order valence-electron chi connectivity index (χ2n) is 8.15. The van der Waals surface area contributed by atoms with Gasteiger partial charge in [-0.25, -0.2) is 4.98 Å². The van der Waals surface area contributed by atoms with E-state index in [0.29, 0.717) is 5.88 Å². The molecule has 0 atom stereocenters. The van der Waals surface area contributed by atoms with Crippen LogP contribution in [0.2, 0.25) is 5.28 Å². The van der Waals surface area contributed by atoms with Gasteiger partial charge in [-0.2, -0.15) is 4.98 Å². The maximum Gasteiger partial charge on any atom is 0.266 e. The molecule has 1 saturated heterocycles. The van der Waals surface area contributed by atoms with Crippen molar-refractivity contribution < 1.29 is 9.53 Å². The average Bonchev–Trinajstić information content (AvgIpc) is 2.71. The number of rotatable bonds is 6. The molecular weight excluding hydrogens is 388 g/mol. The van der Waals surface area contributed by atoms with Crippen LogP contribution >= 0.6 is 11.6 Å². The van der Waals surface area contributed by atoms with Crippen molar-refractivity contribution in [3.63, 3.8) is 0 Å². The van der Waals surface area contributed by atoms with E-state index in [1.807, 2.05) is 24.9 Å². The summed E-state index contributed by atoms with van der Waals surface area (Å²) in [5, 5.41) is 0.105. The van der Waals surface area contributed by atoms with Gasteiger partial charge >= 0.3 is 0 Å². The zero-order valence-electron chi connectivity index (χ0n) is 17.6. The lowest BCUT2D eigenvalue weighted by Gasteiger charge is -2.39. The summed E-state index contributed by atoms with van der Waals surface area (Å²) < 4.78 is 5.95. The molecule has 1 amide bonds. The Morgan fingerprint density at radius 3 is 2.59 bits per heavy atom. The van der Waals surface area contributed by atoms with Gasteiger partial charge in [-0.3, -0.25) is 9.69 Å². The Morgan fingerprint density at radius 2 is 1.93 bits per heavy atom. The van der Waals surface area contributed by atoms with Gasteiger partial charge in [0.25, 0.3) is 5.91 Å². The molecule has 0 radical (unpaired) electrons. The van der Waals surface area contributed by atoms with Gasteiger partial charge in [0.2, 0.25) is 11.2 Å². The molecule has 0 aliphatic carbocycles. The molecule has 156 valence electrons.